The molecule has 4 nitrogen and oxygen atoms in total. The second kappa shape index (κ2) is 4.53. The molecule has 3 aliphatic rings. The van der Waals surface area contributed by atoms with Crippen molar-refractivity contribution in [1.29, 1.82) is 0 Å². The van der Waals surface area contributed by atoms with Gasteiger partial charge in [0.1, 0.15) is 0 Å². The lowest BCUT2D eigenvalue weighted by atomic mass is 9.89. The fraction of sp³-hybridized carbons (Fsp3) is 0.533. The maximum absolute atomic E-state index is 12.6. The average Bonchev–Trinajstić information content (AvgIpc) is 2.76. The Kier molecular flexibility index (Phi) is 2.97. The third-order valence-electron chi connectivity index (χ3n) is 4.09. The molecule has 0 spiro atoms. The molecule has 0 bridgehead atoms. The summed E-state index contributed by atoms with van der Waals surface area (Å²) in [6.45, 7) is 1.90. The molecule has 0 aromatic heterocycles. The van der Waals surface area contributed by atoms with Crippen molar-refractivity contribution in [3.05, 3.63) is 35.2 Å². The Hall–Kier alpha value is -1.55. The second-order valence-electron chi connectivity index (χ2n) is 5.69. The number of nitrogens with one attached hydrogen (secondary N) is 2. The van der Waals surface area contributed by atoms with Crippen LogP contribution in [0.15, 0.2) is 35.2 Å². The Morgan fingerprint density at radius 3 is 2.95 bits per heavy atom. The summed E-state index contributed by atoms with van der Waals surface area (Å²) in [5.74, 6) is 0.0993. The molecule has 0 saturated carbocycles. The van der Waals surface area contributed by atoms with Crippen molar-refractivity contribution in [2.45, 2.75) is 50.8 Å². The van der Waals surface area contributed by atoms with Crippen molar-refractivity contribution >= 4 is 5.78 Å². The molecule has 0 aromatic carbocycles. The van der Waals surface area contributed by atoms with Crippen LogP contribution in [0.4, 0.5) is 0 Å². The normalized spacial score (nSPS) is 33.4. The van der Waals surface area contributed by atoms with Crippen molar-refractivity contribution in [3.63, 3.8) is 0 Å². The van der Waals surface area contributed by atoms with Crippen molar-refractivity contribution in [2.75, 3.05) is 0 Å². The number of aliphatic hydroxyl groups excluding tert-OH is 1. The first-order valence-corrected chi connectivity index (χ1v) is 6.96. The van der Waals surface area contributed by atoms with E-state index in [4.69, 9.17) is 0 Å². The highest BCUT2D eigenvalue weighted by molar-refractivity contribution is 6.03. The average molecular weight is 260 g/mol. The smallest absolute Gasteiger partial charge is 0.203 e. The molecule has 3 rings (SSSR count). The van der Waals surface area contributed by atoms with Crippen LogP contribution in [0.25, 0.3) is 0 Å². The van der Waals surface area contributed by atoms with Crippen LogP contribution < -0.4 is 10.6 Å². The standard InChI is InChI=1S/C15H20N2O2/c1-15(14(19)10-6-8-11(18)9-7-10)16-12-4-2-3-5-13(12)17-15/h2,4,6,11,16-18H,3,5,7-9H2,1H3. The molecule has 0 saturated heterocycles. The molecule has 1 aliphatic heterocycles. The summed E-state index contributed by atoms with van der Waals surface area (Å²) in [4.78, 5) is 12.6. The molecule has 0 amide bonds. The molecule has 0 radical (unpaired) electrons. The maximum atomic E-state index is 12.6. The molecule has 1 heterocycles. The highest BCUT2D eigenvalue weighted by Crippen LogP contribution is 2.29. The van der Waals surface area contributed by atoms with Crippen LogP contribution in [0, 0.1) is 0 Å². The van der Waals surface area contributed by atoms with E-state index < -0.39 is 5.66 Å². The first-order valence-electron chi connectivity index (χ1n) is 6.96. The van der Waals surface area contributed by atoms with E-state index in [-0.39, 0.29) is 11.9 Å². The van der Waals surface area contributed by atoms with E-state index in [1.807, 2.05) is 19.1 Å². The van der Waals surface area contributed by atoms with E-state index in [1.54, 1.807) is 0 Å². The van der Waals surface area contributed by atoms with Gasteiger partial charge in [0.05, 0.1) is 11.8 Å². The van der Waals surface area contributed by atoms with Crippen LogP contribution in [-0.4, -0.2) is 22.7 Å². The van der Waals surface area contributed by atoms with Crippen molar-refractivity contribution in [1.82, 2.24) is 10.6 Å². The van der Waals surface area contributed by atoms with Gasteiger partial charge in [-0.1, -0.05) is 12.2 Å². The van der Waals surface area contributed by atoms with E-state index >= 15 is 0 Å². The molecular formula is C15H20N2O2. The molecule has 0 aromatic rings. The Balaban J connectivity index is 1.76. The van der Waals surface area contributed by atoms with Gasteiger partial charge >= 0.3 is 0 Å². The van der Waals surface area contributed by atoms with E-state index in [0.29, 0.717) is 19.3 Å². The zero-order chi connectivity index (χ0) is 13.5. The highest BCUT2D eigenvalue weighted by atomic mass is 16.3. The lowest BCUT2D eigenvalue weighted by molar-refractivity contribution is -0.121. The van der Waals surface area contributed by atoms with Gasteiger partial charge in [-0.05, 0) is 50.7 Å². The van der Waals surface area contributed by atoms with E-state index in [9.17, 15) is 9.90 Å². The van der Waals surface area contributed by atoms with Crippen molar-refractivity contribution in [2.24, 2.45) is 0 Å². The van der Waals surface area contributed by atoms with Crippen LogP contribution >= 0.6 is 0 Å². The molecule has 4 heteroatoms. The van der Waals surface area contributed by atoms with Crippen molar-refractivity contribution < 1.29 is 9.90 Å². The lowest BCUT2D eigenvalue weighted by Crippen LogP contribution is -2.55. The molecule has 2 atom stereocenters. The van der Waals surface area contributed by atoms with Crippen LogP contribution in [0.1, 0.15) is 39.0 Å². The van der Waals surface area contributed by atoms with Gasteiger partial charge in [-0.3, -0.25) is 4.79 Å². The summed E-state index contributed by atoms with van der Waals surface area (Å²) in [5, 5.41) is 16.2. The Morgan fingerprint density at radius 2 is 2.26 bits per heavy atom. The first-order chi connectivity index (χ1) is 9.08. The number of allylic oxidation sites excluding steroid dienone is 3. The predicted octanol–water partition coefficient (Wildman–Crippen LogP) is 1.50. The van der Waals surface area contributed by atoms with Gasteiger partial charge in [0.2, 0.25) is 5.78 Å². The summed E-state index contributed by atoms with van der Waals surface area (Å²) in [5.41, 5.74) is 2.28. The summed E-state index contributed by atoms with van der Waals surface area (Å²) >= 11 is 0. The number of hydrogen-bond donors (Lipinski definition) is 3. The van der Waals surface area contributed by atoms with Gasteiger partial charge in [-0.15, -0.1) is 0 Å². The second-order valence-corrected chi connectivity index (χ2v) is 5.69. The number of carbonyl (C=O) groups excluding carboxylic acids is 1. The third-order valence-corrected chi connectivity index (χ3v) is 4.09. The quantitative estimate of drug-likeness (QED) is 0.704. The fourth-order valence-corrected chi connectivity index (χ4v) is 2.97. The summed E-state index contributed by atoms with van der Waals surface area (Å²) in [6.07, 6.45) is 9.68. The number of hydrogen-bond acceptors (Lipinski definition) is 4. The molecule has 19 heavy (non-hydrogen) atoms. The zero-order valence-electron chi connectivity index (χ0n) is 11.2. The largest absolute Gasteiger partial charge is 0.393 e. The van der Waals surface area contributed by atoms with Crippen molar-refractivity contribution in [3.8, 4) is 0 Å². The zero-order valence-corrected chi connectivity index (χ0v) is 11.2. The third kappa shape index (κ3) is 2.21. The lowest BCUT2D eigenvalue weighted by Gasteiger charge is -2.28. The topological polar surface area (TPSA) is 61.4 Å². The summed E-state index contributed by atoms with van der Waals surface area (Å²) < 4.78 is 0. The van der Waals surface area contributed by atoms with Gasteiger partial charge in [0.15, 0.2) is 5.66 Å². The fourth-order valence-electron chi connectivity index (χ4n) is 2.97. The summed E-state index contributed by atoms with van der Waals surface area (Å²) in [6, 6.07) is 0. The van der Waals surface area contributed by atoms with Gasteiger partial charge in [-0.25, -0.2) is 0 Å². The van der Waals surface area contributed by atoms with Gasteiger partial charge in [-0.2, -0.15) is 0 Å². The van der Waals surface area contributed by atoms with E-state index in [1.165, 1.54) is 0 Å². The minimum Gasteiger partial charge on any atom is -0.393 e. The Labute approximate surface area is 113 Å². The minimum atomic E-state index is -0.729. The number of carbonyl (C=O) groups is 1. The van der Waals surface area contributed by atoms with Crippen LogP contribution in [0.3, 0.4) is 0 Å². The van der Waals surface area contributed by atoms with Crippen LogP contribution in [0.5, 0.6) is 0 Å². The summed E-state index contributed by atoms with van der Waals surface area (Å²) in [7, 11) is 0. The number of ketones is 1. The highest BCUT2D eigenvalue weighted by Gasteiger charge is 2.41. The molecule has 0 fully saturated rings. The SMILES string of the molecule is CC1(C(=O)C2=CCC(O)CC2)NC2=C(CCC=C2)N1. The van der Waals surface area contributed by atoms with Gasteiger partial charge in [0.25, 0.3) is 0 Å². The minimum absolute atomic E-state index is 0.0993. The maximum Gasteiger partial charge on any atom is 0.203 e. The number of rotatable bonds is 2. The Bertz CT molecular complexity index is 504. The number of Topliss-reactive ketones (excluding diaryl/α,β-unsaturated/α-hetero) is 1. The molecular weight excluding hydrogens is 240 g/mol. The first kappa shape index (κ1) is 12.5. The monoisotopic (exact) mass is 260 g/mol. The van der Waals surface area contributed by atoms with E-state index in [2.05, 4.69) is 16.7 Å². The Morgan fingerprint density at radius 1 is 1.42 bits per heavy atom. The molecule has 3 N–H and O–H groups in total. The van der Waals surface area contributed by atoms with Crippen LogP contribution in [-0.2, 0) is 4.79 Å². The van der Waals surface area contributed by atoms with Crippen LogP contribution in [0.2, 0.25) is 0 Å². The predicted molar refractivity (Wildman–Crippen MR) is 73.0 cm³/mol. The molecule has 102 valence electrons. The van der Waals surface area contributed by atoms with Gasteiger partial charge < -0.3 is 15.7 Å². The molecule has 2 unspecified atom stereocenters. The molecule has 2 aliphatic carbocycles. The van der Waals surface area contributed by atoms with Gasteiger partial charge in [0, 0.05) is 5.70 Å². The number of aliphatic hydroxyl groups is 1. The van der Waals surface area contributed by atoms with E-state index in [0.717, 1.165) is 29.8 Å².